The molecule has 0 saturated carbocycles. The van der Waals surface area contributed by atoms with E-state index in [1.54, 1.807) is 0 Å². The quantitative estimate of drug-likeness (QED) is 0.0222. The molecule has 0 aliphatic rings. The van der Waals surface area contributed by atoms with Crippen LogP contribution in [0.5, 0.6) is 0 Å². The Labute approximate surface area is 524 Å². The van der Waals surface area contributed by atoms with Gasteiger partial charge in [0, 0.05) is 25.7 Å². The summed E-state index contributed by atoms with van der Waals surface area (Å²) in [5, 5.41) is 10.5. The molecule has 3 N–H and O–H groups in total. The Balaban J connectivity index is 5.19. The second-order valence-electron chi connectivity index (χ2n) is 25.2. The molecule has 0 rings (SSSR count). The zero-order chi connectivity index (χ0) is 63.8. The lowest BCUT2D eigenvalue weighted by atomic mass is 10.00. The van der Waals surface area contributed by atoms with E-state index < -0.39 is 97.5 Å². The van der Waals surface area contributed by atoms with Gasteiger partial charge in [0.1, 0.15) is 19.3 Å². The zero-order valence-electron chi connectivity index (χ0n) is 55.8. The number of hydrogen-bond donors (Lipinski definition) is 3. The summed E-state index contributed by atoms with van der Waals surface area (Å²) < 4.78 is 68.0. The van der Waals surface area contributed by atoms with Crippen LogP contribution in [0.3, 0.4) is 0 Å². The molecule has 0 aromatic rings. The standard InChI is InChI=1S/C67H130O17P2/c1-8-11-12-13-14-25-34-41-48-64(69)77-54-63(84-67(72)51-44-37-30-28-33-40-47-60(7)10-3)57-82-86(75,76)80-53-61(68)52-79-85(73,74)81-56-62(55-78-65(70)49-42-35-29-27-32-39-46-59(6)9-2)83-66(71)50-43-36-26-23-21-19-17-15-16-18-20-22-24-31-38-45-58(4)5/h58-63,68H,8-57H2,1-7H3,(H,73,74)(H,75,76)/t59?,60?,61-,62-,63-/m1/s1. The van der Waals surface area contributed by atoms with Crippen molar-refractivity contribution in [2.24, 2.45) is 17.8 Å². The summed E-state index contributed by atoms with van der Waals surface area (Å²) in [7, 11) is -9.89. The van der Waals surface area contributed by atoms with Crippen molar-refractivity contribution >= 4 is 39.5 Å². The van der Waals surface area contributed by atoms with E-state index in [9.17, 15) is 43.2 Å². The predicted molar refractivity (Wildman–Crippen MR) is 344 cm³/mol. The van der Waals surface area contributed by atoms with Crippen molar-refractivity contribution in [3.8, 4) is 0 Å². The average Bonchev–Trinajstić information content (AvgIpc) is 3.66. The summed E-state index contributed by atoms with van der Waals surface area (Å²) >= 11 is 0. The van der Waals surface area contributed by atoms with Crippen LogP contribution in [0.15, 0.2) is 0 Å². The van der Waals surface area contributed by atoms with E-state index in [1.165, 1.54) is 128 Å². The van der Waals surface area contributed by atoms with Gasteiger partial charge in [-0.05, 0) is 43.4 Å². The minimum Gasteiger partial charge on any atom is -0.462 e. The number of unbranched alkanes of at least 4 members (excludes halogenated alkanes) is 31. The number of carbonyl (C=O) groups excluding carboxylic acids is 4. The van der Waals surface area contributed by atoms with E-state index in [0.717, 1.165) is 120 Å². The molecule has 0 amide bonds. The second kappa shape index (κ2) is 58.2. The molecular formula is C67H130O17P2. The lowest BCUT2D eigenvalue weighted by Crippen LogP contribution is -2.30. The normalized spacial score (nSPS) is 14.9. The van der Waals surface area contributed by atoms with E-state index >= 15 is 0 Å². The minimum absolute atomic E-state index is 0.102. The highest BCUT2D eigenvalue weighted by atomic mass is 31.2. The Morgan fingerprint density at radius 1 is 0.337 bits per heavy atom. The van der Waals surface area contributed by atoms with Crippen LogP contribution in [0.2, 0.25) is 0 Å². The molecule has 0 aromatic carbocycles. The fourth-order valence-electron chi connectivity index (χ4n) is 9.95. The van der Waals surface area contributed by atoms with Gasteiger partial charge >= 0.3 is 39.5 Å². The number of carbonyl (C=O) groups is 4. The van der Waals surface area contributed by atoms with Crippen LogP contribution in [0.25, 0.3) is 0 Å². The fourth-order valence-corrected chi connectivity index (χ4v) is 11.5. The van der Waals surface area contributed by atoms with Crippen molar-refractivity contribution in [2.45, 2.75) is 349 Å². The van der Waals surface area contributed by atoms with Gasteiger partial charge in [-0.2, -0.15) is 0 Å². The molecular weight excluding hydrogens is 1140 g/mol. The van der Waals surface area contributed by atoms with Crippen molar-refractivity contribution in [3.63, 3.8) is 0 Å². The molecule has 0 aromatic heterocycles. The Morgan fingerprint density at radius 3 is 0.884 bits per heavy atom. The number of rotatable bonds is 65. The van der Waals surface area contributed by atoms with Crippen LogP contribution in [-0.2, 0) is 65.4 Å². The highest BCUT2D eigenvalue weighted by Gasteiger charge is 2.30. The molecule has 0 aliphatic heterocycles. The first-order chi connectivity index (χ1) is 41.3. The largest absolute Gasteiger partial charge is 0.472 e. The van der Waals surface area contributed by atoms with Crippen LogP contribution in [0, 0.1) is 17.8 Å². The number of phosphoric ester groups is 2. The van der Waals surface area contributed by atoms with Gasteiger partial charge in [0.05, 0.1) is 26.4 Å². The highest BCUT2D eigenvalue weighted by Crippen LogP contribution is 2.45. The molecule has 0 bridgehead atoms. The summed E-state index contributed by atoms with van der Waals surface area (Å²) in [5.41, 5.74) is 0. The van der Waals surface area contributed by atoms with Crippen molar-refractivity contribution in [1.29, 1.82) is 0 Å². The highest BCUT2D eigenvalue weighted by molar-refractivity contribution is 7.47. The topological polar surface area (TPSA) is 237 Å². The molecule has 0 fully saturated rings. The molecule has 19 heteroatoms. The third-order valence-corrected chi connectivity index (χ3v) is 18.0. The summed E-state index contributed by atoms with van der Waals surface area (Å²) in [6, 6.07) is 0. The van der Waals surface area contributed by atoms with Gasteiger partial charge in [-0.15, -0.1) is 0 Å². The Bertz CT molecular complexity index is 1700. The molecule has 17 nitrogen and oxygen atoms in total. The molecule has 0 saturated heterocycles. The first-order valence-corrected chi connectivity index (χ1v) is 37.9. The van der Waals surface area contributed by atoms with Crippen LogP contribution in [0.1, 0.15) is 331 Å². The number of hydrogen-bond acceptors (Lipinski definition) is 15. The number of aliphatic hydroxyl groups excluding tert-OH is 1. The van der Waals surface area contributed by atoms with Crippen molar-refractivity contribution < 1.29 is 80.2 Å². The molecule has 86 heavy (non-hydrogen) atoms. The third-order valence-electron chi connectivity index (χ3n) is 16.1. The lowest BCUT2D eigenvalue weighted by Gasteiger charge is -2.21. The lowest BCUT2D eigenvalue weighted by molar-refractivity contribution is -0.161. The number of phosphoric acid groups is 2. The fraction of sp³-hybridized carbons (Fsp3) is 0.940. The van der Waals surface area contributed by atoms with Gasteiger partial charge in [0.25, 0.3) is 0 Å². The van der Waals surface area contributed by atoms with E-state index in [4.69, 9.17) is 37.0 Å². The second-order valence-corrected chi connectivity index (χ2v) is 28.1. The summed E-state index contributed by atoms with van der Waals surface area (Å²) in [6.45, 7) is 11.7. The first-order valence-electron chi connectivity index (χ1n) is 34.9. The monoisotopic (exact) mass is 1270 g/mol. The van der Waals surface area contributed by atoms with Crippen LogP contribution in [-0.4, -0.2) is 96.7 Å². The molecule has 0 radical (unpaired) electrons. The molecule has 4 unspecified atom stereocenters. The minimum atomic E-state index is -4.95. The van der Waals surface area contributed by atoms with Crippen LogP contribution >= 0.6 is 15.6 Å². The SMILES string of the molecule is CCCCCCCCCCC(=O)OC[C@H](COP(=O)(O)OC[C@H](O)COP(=O)(O)OC[C@@H](COC(=O)CCCCCCCCC(C)CC)OC(=O)CCCCCCCCCCCCCCCCCC(C)C)OC(=O)CCCCCCCCC(C)CC. The van der Waals surface area contributed by atoms with Crippen molar-refractivity contribution in [1.82, 2.24) is 0 Å². The maximum atomic E-state index is 13.0. The summed E-state index contributed by atoms with van der Waals surface area (Å²) in [4.78, 5) is 72.3. The number of aliphatic hydroxyl groups is 1. The van der Waals surface area contributed by atoms with Gasteiger partial charge < -0.3 is 33.8 Å². The van der Waals surface area contributed by atoms with Gasteiger partial charge in [0.2, 0.25) is 0 Å². The van der Waals surface area contributed by atoms with Gasteiger partial charge in [-0.3, -0.25) is 37.3 Å². The van der Waals surface area contributed by atoms with Gasteiger partial charge in [-0.25, -0.2) is 9.13 Å². The van der Waals surface area contributed by atoms with Gasteiger partial charge in [-0.1, -0.05) is 280 Å². The summed E-state index contributed by atoms with van der Waals surface area (Å²) in [5.74, 6) is 0.117. The van der Waals surface area contributed by atoms with Crippen molar-refractivity contribution in [3.05, 3.63) is 0 Å². The third kappa shape index (κ3) is 58.4. The molecule has 510 valence electrons. The number of ether oxygens (including phenoxy) is 4. The Morgan fingerprint density at radius 2 is 0.593 bits per heavy atom. The smallest absolute Gasteiger partial charge is 0.462 e. The van der Waals surface area contributed by atoms with E-state index in [-0.39, 0.29) is 25.7 Å². The number of esters is 4. The Hall–Kier alpha value is -1.94. The van der Waals surface area contributed by atoms with Crippen LogP contribution in [0.4, 0.5) is 0 Å². The molecule has 0 spiro atoms. The van der Waals surface area contributed by atoms with E-state index in [1.807, 2.05) is 0 Å². The van der Waals surface area contributed by atoms with E-state index in [0.29, 0.717) is 25.7 Å². The van der Waals surface area contributed by atoms with Crippen LogP contribution < -0.4 is 0 Å². The van der Waals surface area contributed by atoms with E-state index in [2.05, 4.69) is 48.5 Å². The molecule has 7 atom stereocenters. The predicted octanol–water partition coefficient (Wildman–Crippen LogP) is 18.7. The van der Waals surface area contributed by atoms with Crippen molar-refractivity contribution in [2.75, 3.05) is 39.6 Å². The first kappa shape index (κ1) is 84.1. The molecule has 0 aliphatic carbocycles. The zero-order valence-corrected chi connectivity index (χ0v) is 57.6. The Kier molecular flexibility index (Phi) is 56.9. The average molecular weight is 1270 g/mol. The molecule has 0 heterocycles. The maximum absolute atomic E-state index is 13.0. The maximum Gasteiger partial charge on any atom is 0.472 e. The summed E-state index contributed by atoms with van der Waals surface area (Å²) in [6.07, 6.45) is 40.5. The van der Waals surface area contributed by atoms with Gasteiger partial charge in [0.15, 0.2) is 12.2 Å².